The fourth-order valence-electron chi connectivity index (χ4n) is 2.42. The molecule has 1 N–H and O–H groups in total. The van der Waals surface area contributed by atoms with Gasteiger partial charge in [-0.05, 0) is 49.8 Å². The summed E-state index contributed by atoms with van der Waals surface area (Å²) in [6.45, 7) is 5.97. The summed E-state index contributed by atoms with van der Waals surface area (Å²) in [7, 11) is 0. The summed E-state index contributed by atoms with van der Waals surface area (Å²) in [6, 6.07) is 0.838. The topological polar surface area (TPSA) is 12.0 Å². The molecule has 2 fully saturated rings. The van der Waals surface area contributed by atoms with Crippen molar-refractivity contribution < 1.29 is 0 Å². The molecule has 2 aliphatic rings. The third kappa shape index (κ3) is 2.90. The average Bonchev–Trinajstić information content (AvgIpc) is 2.87. The Balaban J connectivity index is 1.92. The molecule has 0 amide bonds. The van der Waals surface area contributed by atoms with Crippen LogP contribution in [0, 0.1) is 11.8 Å². The zero-order valence-electron chi connectivity index (χ0n) is 9.46. The number of hydrogen-bond acceptors (Lipinski definition) is 2. The van der Waals surface area contributed by atoms with Crippen LogP contribution in [0.2, 0.25) is 0 Å². The Kier molecular flexibility index (Phi) is 3.78. The maximum atomic E-state index is 3.78. The van der Waals surface area contributed by atoms with Crippen molar-refractivity contribution in [2.45, 2.75) is 50.8 Å². The summed E-state index contributed by atoms with van der Waals surface area (Å²) >= 11 is 2.23. The van der Waals surface area contributed by atoms with Gasteiger partial charge < -0.3 is 5.32 Å². The van der Waals surface area contributed by atoms with E-state index in [-0.39, 0.29) is 0 Å². The Morgan fingerprint density at radius 2 is 2.14 bits per heavy atom. The van der Waals surface area contributed by atoms with E-state index in [0.29, 0.717) is 0 Å². The second kappa shape index (κ2) is 4.89. The molecule has 1 aliphatic heterocycles. The van der Waals surface area contributed by atoms with Crippen molar-refractivity contribution in [2.75, 3.05) is 12.3 Å². The molecule has 2 heteroatoms. The lowest BCUT2D eigenvalue weighted by molar-refractivity contribution is 0.414. The highest BCUT2D eigenvalue weighted by molar-refractivity contribution is 7.99. The standard InChI is InChI=1S/C12H23NS/c1-9(2)8-11-12(10-4-5-10)13-6-3-7-14-11/h9-13H,3-8H2,1-2H3. The highest BCUT2D eigenvalue weighted by Crippen LogP contribution is 2.39. The van der Waals surface area contributed by atoms with Crippen molar-refractivity contribution in [2.24, 2.45) is 11.8 Å². The first-order chi connectivity index (χ1) is 6.77. The van der Waals surface area contributed by atoms with Gasteiger partial charge in [0, 0.05) is 11.3 Å². The first kappa shape index (κ1) is 10.8. The molecule has 1 nitrogen and oxygen atoms in total. The summed E-state index contributed by atoms with van der Waals surface area (Å²) in [6.07, 6.45) is 5.72. The average molecular weight is 213 g/mol. The molecule has 82 valence electrons. The molecule has 2 unspecified atom stereocenters. The highest BCUT2D eigenvalue weighted by atomic mass is 32.2. The molecule has 0 bridgehead atoms. The Hall–Kier alpha value is 0.310. The van der Waals surface area contributed by atoms with Gasteiger partial charge in [0.15, 0.2) is 0 Å². The van der Waals surface area contributed by atoms with Crippen LogP contribution in [0.15, 0.2) is 0 Å². The van der Waals surface area contributed by atoms with Crippen LogP contribution < -0.4 is 5.32 Å². The van der Waals surface area contributed by atoms with E-state index < -0.39 is 0 Å². The molecule has 1 heterocycles. The van der Waals surface area contributed by atoms with E-state index in [0.717, 1.165) is 23.1 Å². The second-order valence-electron chi connectivity index (χ2n) is 5.21. The Bertz CT molecular complexity index is 177. The minimum atomic E-state index is 0.838. The monoisotopic (exact) mass is 213 g/mol. The van der Waals surface area contributed by atoms with Gasteiger partial charge in [0.2, 0.25) is 0 Å². The molecule has 0 aromatic carbocycles. The van der Waals surface area contributed by atoms with Crippen LogP contribution >= 0.6 is 11.8 Å². The van der Waals surface area contributed by atoms with Gasteiger partial charge in [-0.3, -0.25) is 0 Å². The molecule has 1 saturated carbocycles. The van der Waals surface area contributed by atoms with Gasteiger partial charge in [-0.1, -0.05) is 13.8 Å². The lowest BCUT2D eigenvalue weighted by atomic mass is 9.99. The molecule has 2 atom stereocenters. The maximum Gasteiger partial charge on any atom is 0.0214 e. The minimum Gasteiger partial charge on any atom is -0.313 e. The quantitative estimate of drug-likeness (QED) is 0.773. The smallest absolute Gasteiger partial charge is 0.0214 e. The minimum absolute atomic E-state index is 0.838. The molecule has 0 aromatic heterocycles. The van der Waals surface area contributed by atoms with Gasteiger partial charge in [-0.15, -0.1) is 0 Å². The number of hydrogen-bond donors (Lipinski definition) is 1. The van der Waals surface area contributed by atoms with Crippen molar-refractivity contribution in [3.8, 4) is 0 Å². The van der Waals surface area contributed by atoms with Gasteiger partial charge in [-0.25, -0.2) is 0 Å². The van der Waals surface area contributed by atoms with E-state index in [1.165, 1.54) is 38.0 Å². The predicted octanol–water partition coefficient (Wildman–Crippen LogP) is 2.91. The molecule has 0 radical (unpaired) electrons. The zero-order valence-corrected chi connectivity index (χ0v) is 10.3. The van der Waals surface area contributed by atoms with Crippen LogP contribution in [0.1, 0.15) is 39.5 Å². The first-order valence-corrected chi connectivity index (χ1v) is 7.17. The molecule has 2 rings (SSSR count). The molecule has 14 heavy (non-hydrogen) atoms. The van der Waals surface area contributed by atoms with Crippen molar-refractivity contribution in [1.82, 2.24) is 5.32 Å². The molecular formula is C12H23NS. The third-order valence-corrected chi connectivity index (χ3v) is 4.71. The molecular weight excluding hydrogens is 190 g/mol. The Morgan fingerprint density at radius 1 is 1.36 bits per heavy atom. The largest absolute Gasteiger partial charge is 0.313 e. The van der Waals surface area contributed by atoms with Gasteiger partial charge >= 0.3 is 0 Å². The van der Waals surface area contributed by atoms with E-state index in [9.17, 15) is 0 Å². The molecule has 1 saturated heterocycles. The number of thioether (sulfide) groups is 1. The van der Waals surface area contributed by atoms with E-state index in [1.807, 2.05) is 0 Å². The Labute approximate surface area is 92.4 Å². The van der Waals surface area contributed by atoms with Crippen molar-refractivity contribution >= 4 is 11.8 Å². The number of rotatable bonds is 3. The molecule has 0 aromatic rings. The van der Waals surface area contributed by atoms with Gasteiger partial charge in [0.25, 0.3) is 0 Å². The van der Waals surface area contributed by atoms with Crippen molar-refractivity contribution in [3.63, 3.8) is 0 Å². The summed E-state index contributed by atoms with van der Waals surface area (Å²) in [5.74, 6) is 3.24. The van der Waals surface area contributed by atoms with Crippen LogP contribution in [-0.4, -0.2) is 23.6 Å². The lowest BCUT2D eigenvalue weighted by Gasteiger charge is -2.26. The maximum absolute atomic E-state index is 3.78. The summed E-state index contributed by atoms with van der Waals surface area (Å²) < 4.78 is 0. The highest BCUT2D eigenvalue weighted by Gasteiger charge is 2.37. The van der Waals surface area contributed by atoms with E-state index in [2.05, 4.69) is 30.9 Å². The Morgan fingerprint density at radius 3 is 2.79 bits per heavy atom. The number of nitrogens with one attached hydrogen (secondary N) is 1. The fourth-order valence-corrected chi connectivity index (χ4v) is 4.08. The van der Waals surface area contributed by atoms with Gasteiger partial charge in [0.1, 0.15) is 0 Å². The lowest BCUT2D eigenvalue weighted by Crippen LogP contribution is -2.39. The van der Waals surface area contributed by atoms with E-state index in [4.69, 9.17) is 0 Å². The predicted molar refractivity (Wildman–Crippen MR) is 64.8 cm³/mol. The van der Waals surface area contributed by atoms with Crippen LogP contribution in [0.4, 0.5) is 0 Å². The normalized spacial score (nSPS) is 34.5. The van der Waals surface area contributed by atoms with E-state index >= 15 is 0 Å². The van der Waals surface area contributed by atoms with Crippen molar-refractivity contribution in [3.05, 3.63) is 0 Å². The molecule has 0 spiro atoms. The fraction of sp³-hybridized carbons (Fsp3) is 1.00. The van der Waals surface area contributed by atoms with Gasteiger partial charge in [0.05, 0.1) is 0 Å². The third-order valence-electron chi connectivity index (χ3n) is 3.27. The zero-order chi connectivity index (χ0) is 9.97. The van der Waals surface area contributed by atoms with Crippen LogP contribution in [-0.2, 0) is 0 Å². The second-order valence-corrected chi connectivity index (χ2v) is 6.56. The van der Waals surface area contributed by atoms with Gasteiger partial charge in [-0.2, -0.15) is 11.8 Å². The summed E-state index contributed by atoms with van der Waals surface area (Å²) in [4.78, 5) is 0. The van der Waals surface area contributed by atoms with E-state index in [1.54, 1.807) is 0 Å². The summed E-state index contributed by atoms with van der Waals surface area (Å²) in [5.41, 5.74) is 0. The summed E-state index contributed by atoms with van der Waals surface area (Å²) in [5, 5.41) is 4.67. The van der Waals surface area contributed by atoms with Crippen LogP contribution in [0.25, 0.3) is 0 Å². The first-order valence-electron chi connectivity index (χ1n) is 6.12. The molecule has 1 aliphatic carbocycles. The van der Waals surface area contributed by atoms with Crippen molar-refractivity contribution in [1.29, 1.82) is 0 Å². The van der Waals surface area contributed by atoms with Crippen LogP contribution in [0.5, 0.6) is 0 Å². The SMILES string of the molecule is CC(C)CC1SCCCNC1C1CC1. The van der Waals surface area contributed by atoms with Crippen LogP contribution in [0.3, 0.4) is 0 Å².